The molecule has 2 heteroatoms. The van der Waals surface area contributed by atoms with Crippen LogP contribution in [0.25, 0.3) is 0 Å². The number of benzene rings is 1. The third kappa shape index (κ3) is 2.73. The normalized spacial score (nSPS) is 39.4. The van der Waals surface area contributed by atoms with Gasteiger partial charge >= 0.3 is 0 Å². The minimum Gasteiger partial charge on any atom is -0.508 e. The maximum absolute atomic E-state index is 10.7. The van der Waals surface area contributed by atoms with Gasteiger partial charge in [-0.2, -0.15) is 0 Å². The summed E-state index contributed by atoms with van der Waals surface area (Å²) in [6, 6.07) is 6.05. The number of rotatable bonds is 4. The Balaban J connectivity index is 1.71. The number of aliphatic hydroxyl groups excluding tert-OH is 1. The van der Waals surface area contributed by atoms with E-state index in [4.69, 9.17) is 0 Å². The van der Waals surface area contributed by atoms with Gasteiger partial charge in [0.1, 0.15) is 5.75 Å². The Hall–Kier alpha value is -1.28. The lowest BCUT2D eigenvalue weighted by atomic mass is 9.51. The van der Waals surface area contributed by atoms with E-state index in [0.717, 1.165) is 25.7 Å². The van der Waals surface area contributed by atoms with E-state index in [1.54, 1.807) is 0 Å². The third-order valence-corrected chi connectivity index (χ3v) is 7.76. The van der Waals surface area contributed by atoms with Gasteiger partial charge in [-0.05, 0) is 104 Å². The van der Waals surface area contributed by atoms with Crippen molar-refractivity contribution in [2.75, 3.05) is 0 Å². The Labute approximate surface area is 152 Å². The molecule has 0 bridgehead atoms. The van der Waals surface area contributed by atoms with Crippen molar-refractivity contribution in [2.45, 2.75) is 70.3 Å². The molecule has 0 amide bonds. The Morgan fingerprint density at radius 3 is 2.92 bits per heavy atom. The summed E-state index contributed by atoms with van der Waals surface area (Å²) in [4.78, 5) is 0. The third-order valence-electron chi connectivity index (χ3n) is 7.76. The van der Waals surface area contributed by atoms with Crippen LogP contribution in [-0.4, -0.2) is 16.3 Å². The number of phenols is 1. The molecule has 4 rings (SSSR count). The summed E-state index contributed by atoms with van der Waals surface area (Å²) in [5.41, 5.74) is 2.95. The summed E-state index contributed by atoms with van der Waals surface area (Å²) in [6.45, 7) is 6.24. The molecule has 0 aliphatic heterocycles. The highest BCUT2D eigenvalue weighted by atomic mass is 16.3. The highest BCUT2D eigenvalue weighted by molar-refractivity contribution is 5.40. The first-order chi connectivity index (χ1) is 12.0. The Kier molecular flexibility index (Phi) is 4.43. The van der Waals surface area contributed by atoms with Crippen LogP contribution < -0.4 is 0 Å². The Morgan fingerprint density at radius 1 is 1.28 bits per heavy atom. The highest BCUT2D eigenvalue weighted by Gasteiger charge is 2.57. The molecule has 1 aromatic carbocycles. The lowest BCUT2D eigenvalue weighted by Gasteiger charge is -2.54. The molecule has 136 valence electrons. The van der Waals surface area contributed by atoms with Gasteiger partial charge < -0.3 is 10.2 Å². The fraction of sp³-hybridized carbons (Fsp3) is 0.652. The average Bonchev–Trinajstić information content (AvgIpc) is 2.89. The van der Waals surface area contributed by atoms with Gasteiger partial charge in [-0.3, -0.25) is 0 Å². The predicted molar refractivity (Wildman–Crippen MR) is 102 cm³/mol. The van der Waals surface area contributed by atoms with Crippen molar-refractivity contribution >= 4 is 0 Å². The van der Waals surface area contributed by atoms with Gasteiger partial charge in [0, 0.05) is 0 Å². The topological polar surface area (TPSA) is 40.5 Å². The minimum atomic E-state index is -0.124. The number of phenolic OH excluding ortho intramolecular Hbond substituents is 1. The maximum atomic E-state index is 10.7. The molecule has 0 aromatic heterocycles. The van der Waals surface area contributed by atoms with E-state index in [1.807, 2.05) is 18.2 Å². The zero-order chi connectivity index (χ0) is 17.6. The first kappa shape index (κ1) is 17.1. The van der Waals surface area contributed by atoms with Crippen LogP contribution in [0.3, 0.4) is 0 Å². The molecule has 2 saturated carbocycles. The number of allylic oxidation sites excluding steroid dienone is 1. The SMILES string of the molecule is C=CCCC[C@H]1C[C@]2(C)[C@@H](O)CC[C@H]2[C@@H]2CCc3cc(O)ccc3[C@@H]12. The van der Waals surface area contributed by atoms with Gasteiger partial charge in [0.2, 0.25) is 0 Å². The van der Waals surface area contributed by atoms with E-state index in [-0.39, 0.29) is 11.5 Å². The Bertz CT molecular complexity index is 651. The smallest absolute Gasteiger partial charge is 0.115 e. The molecular weight excluding hydrogens is 308 g/mol. The standard InChI is InChI=1S/C23H32O2/c1-3-4-5-6-16-14-23(2)20(11-12-21(23)25)19-9-7-15-13-17(24)8-10-18(15)22(16)19/h3,8,10,13,16,19-22,24-25H,1,4-7,9,11-12,14H2,2H3/t16-,19-,20-,21-,22+,23-/m0/s1. The molecule has 0 spiro atoms. The van der Waals surface area contributed by atoms with E-state index in [1.165, 1.54) is 36.8 Å². The van der Waals surface area contributed by atoms with Crippen LogP contribution in [0.4, 0.5) is 0 Å². The summed E-state index contributed by atoms with van der Waals surface area (Å²) >= 11 is 0. The number of fused-ring (bicyclic) bond motifs is 5. The number of aromatic hydroxyl groups is 1. The number of aliphatic hydroxyl groups is 1. The van der Waals surface area contributed by atoms with Crippen molar-refractivity contribution in [3.05, 3.63) is 42.0 Å². The molecule has 0 unspecified atom stereocenters. The van der Waals surface area contributed by atoms with Crippen molar-refractivity contribution in [1.82, 2.24) is 0 Å². The van der Waals surface area contributed by atoms with Crippen LogP contribution >= 0.6 is 0 Å². The molecule has 3 aliphatic carbocycles. The average molecular weight is 341 g/mol. The Morgan fingerprint density at radius 2 is 2.12 bits per heavy atom. The van der Waals surface area contributed by atoms with Crippen molar-refractivity contribution in [1.29, 1.82) is 0 Å². The molecule has 0 saturated heterocycles. The van der Waals surface area contributed by atoms with Crippen LogP contribution in [0.15, 0.2) is 30.9 Å². The van der Waals surface area contributed by atoms with E-state index >= 15 is 0 Å². The minimum absolute atomic E-state index is 0.106. The lowest BCUT2D eigenvalue weighted by molar-refractivity contribution is -0.0499. The van der Waals surface area contributed by atoms with E-state index in [9.17, 15) is 10.2 Å². The second kappa shape index (κ2) is 6.46. The van der Waals surface area contributed by atoms with Crippen LogP contribution in [-0.2, 0) is 6.42 Å². The van der Waals surface area contributed by atoms with Crippen LogP contribution in [0.5, 0.6) is 5.75 Å². The lowest BCUT2D eigenvalue weighted by Crippen LogP contribution is -2.47. The molecule has 3 aliphatic rings. The summed E-state index contributed by atoms with van der Waals surface area (Å²) in [7, 11) is 0. The first-order valence-electron chi connectivity index (χ1n) is 10.2. The van der Waals surface area contributed by atoms with Gasteiger partial charge in [0.25, 0.3) is 0 Å². The van der Waals surface area contributed by atoms with Gasteiger partial charge in [0.05, 0.1) is 6.10 Å². The molecular formula is C23H32O2. The first-order valence-corrected chi connectivity index (χ1v) is 10.2. The van der Waals surface area contributed by atoms with Crippen LogP contribution in [0.2, 0.25) is 0 Å². The van der Waals surface area contributed by atoms with Gasteiger partial charge in [-0.1, -0.05) is 19.1 Å². The quantitative estimate of drug-likeness (QED) is 0.585. The summed E-state index contributed by atoms with van der Waals surface area (Å²) in [5.74, 6) is 3.00. The van der Waals surface area contributed by atoms with E-state index in [2.05, 4.69) is 19.6 Å². The van der Waals surface area contributed by atoms with Crippen molar-refractivity contribution < 1.29 is 10.2 Å². The van der Waals surface area contributed by atoms with Crippen LogP contribution in [0, 0.1) is 23.2 Å². The fourth-order valence-corrected chi connectivity index (χ4v) is 6.65. The fourth-order valence-electron chi connectivity index (χ4n) is 6.65. The monoisotopic (exact) mass is 340 g/mol. The van der Waals surface area contributed by atoms with E-state index < -0.39 is 0 Å². The van der Waals surface area contributed by atoms with Gasteiger partial charge in [0.15, 0.2) is 0 Å². The molecule has 1 aromatic rings. The zero-order valence-electron chi connectivity index (χ0n) is 15.5. The van der Waals surface area contributed by atoms with Crippen molar-refractivity contribution in [3.8, 4) is 5.75 Å². The molecule has 6 atom stereocenters. The summed E-state index contributed by atoms with van der Waals surface area (Å²) < 4.78 is 0. The number of hydrogen-bond acceptors (Lipinski definition) is 2. The molecule has 2 fully saturated rings. The number of hydrogen-bond donors (Lipinski definition) is 2. The van der Waals surface area contributed by atoms with Crippen LogP contribution in [0.1, 0.15) is 68.9 Å². The second-order valence-corrected chi connectivity index (χ2v) is 9.00. The highest BCUT2D eigenvalue weighted by Crippen LogP contribution is 2.63. The van der Waals surface area contributed by atoms with Gasteiger partial charge in [-0.25, -0.2) is 0 Å². The van der Waals surface area contributed by atoms with Gasteiger partial charge in [-0.15, -0.1) is 6.58 Å². The predicted octanol–water partition coefficient (Wildman–Crippen LogP) is 5.19. The number of unbranched alkanes of at least 4 members (excludes halogenated alkanes) is 1. The molecule has 0 heterocycles. The molecule has 2 nitrogen and oxygen atoms in total. The van der Waals surface area contributed by atoms with E-state index in [0.29, 0.717) is 29.4 Å². The zero-order valence-corrected chi connectivity index (χ0v) is 15.5. The van der Waals surface area contributed by atoms with Crippen molar-refractivity contribution in [3.63, 3.8) is 0 Å². The van der Waals surface area contributed by atoms with Crippen molar-refractivity contribution in [2.24, 2.45) is 23.2 Å². The maximum Gasteiger partial charge on any atom is 0.115 e. The summed E-state index contributed by atoms with van der Waals surface area (Å²) in [6.07, 6.45) is 11.0. The molecule has 25 heavy (non-hydrogen) atoms. The molecule has 0 radical (unpaired) electrons. The molecule has 2 N–H and O–H groups in total. The summed E-state index contributed by atoms with van der Waals surface area (Å²) in [5, 5.41) is 20.7. The number of aryl methyl sites for hydroxylation is 1. The second-order valence-electron chi connectivity index (χ2n) is 9.00. The largest absolute Gasteiger partial charge is 0.508 e.